The number of rotatable bonds is 5. The van der Waals surface area contributed by atoms with E-state index in [2.05, 4.69) is 15.4 Å². The number of nitrogens with one attached hydrogen (secondary N) is 1. The molecule has 1 saturated heterocycles. The van der Waals surface area contributed by atoms with Crippen LogP contribution in [0.25, 0.3) is 4.96 Å². The van der Waals surface area contributed by atoms with Crippen LogP contribution in [0.4, 0.5) is 5.13 Å². The zero-order chi connectivity index (χ0) is 17.1. The predicted octanol–water partition coefficient (Wildman–Crippen LogP) is 0.763. The van der Waals surface area contributed by atoms with Gasteiger partial charge in [0.2, 0.25) is 16.0 Å². The Labute approximate surface area is 143 Å². The first kappa shape index (κ1) is 16.8. The fourth-order valence-corrected chi connectivity index (χ4v) is 3.51. The number of carbonyl (C=O) groups is 1. The Hall–Kier alpha value is -2.00. The number of nitrogens with zero attached hydrogens (tertiary/aromatic N) is 4. The quantitative estimate of drug-likeness (QED) is 0.856. The van der Waals surface area contributed by atoms with Crippen molar-refractivity contribution < 1.29 is 9.53 Å². The fourth-order valence-electron chi connectivity index (χ4n) is 2.60. The van der Waals surface area contributed by atoms with Crippen LogP contribution < -0.4 is 10.9 Å². The van der Waals surface area contributed by atoms with Gasteiger partial charge in [0.15, 0.2) is 0 Å². The Bertz CT molecular complexity index is 781. The molecule has 1 atom stereocenters. The van der Waals surface area contributed by atoms with Crippen molar-refractivity contribution >= 4 is 27.3 Å². The molecule has 0 bridgehead atoms. The second-order valence-electron chi connectivity index (χ2n) is 5.74. The Kier molecular flexibility index (Phi) is 5.10. The van der Waals surface area contributed by atoms with E-state index in [0.29, 0.717) is 36.4 Å². The molecule has 0 spiro atoms. The summed E-state index contributed by atoms with van der Waals surface area (Å²) in [6, 6.07) is 1.09. The van der Waals surface area contributed by atoms with Crippen molar-refractivity contribution in [2.75, 3.05) is 31.6 Å². The van der Waals surface area contributed by atoms with Gasteiger partial charge in [-0.1, -0.05) is 24.7 Å². The number of hydrogen-bond acceptors (Lipinski definition) is 7. The number of anilines is 1. The Balaban J connectivity index is 1.75. The van der Waals surface area contributed by atoms with E-state index in [0.717, 1.165) is 18.5 Å². The Morgan fingerprint density at radius 1 is 1.46 bits per heavy atom. The predicted molar refractivity (Wildman–Crippen MR) is 91.6 cm³/mol. The van der Waals surface area contributed by atoms with Crippen LogP contribution >= 0.6 is 11.3 Å². The van der Waals surface area contributed by atoms with Crippen molar-refractivity contribution in [2.24, 2.45) is 0 Å². The van der Waals surface area contributed by atoms with Crippen LogP contribution in [-0.4, -0.2) is 57.8 Å². The van der Waals surface area contributed by atoms with Gasteiger partial charge < -0.3 is 15.0 Å². The molecule has 1 unspecified atom stereocenters. The summed E-state index contributed by atoms with van der Waals surface area (Å²) >= 11 is 1.28. The average Bonchev–Trinajstić information content (AvgIpc) is 2.98. The van der Waals surface area contributed by atoms with E-state index >= 15 is 0 Å². The maximum Gasteiger partial charge on any atom is 0.275 e. The largest absolute Gasteiger partial charge is 0.378 e. The minimum Gasteiger partial charge on any atom is -0.378 e. The highest BCUT2D eigenvalue weighted by Crippen LogP contribution is 2.18. The number of carbonyl (C=O) groups excluding carboxylic acids is 1. The topological polar surface area (TPSA) is 88.8 Å². The second kappa shape index (κ2) is 7.27. The molecule has 0 aromatic carbocycles. The van der Waals surface area contributed by atoms with Gasteiger partial charge in [-0.15, -0.1) is 5.10 Å². The van der Waals surface area contributed by atoms with Crippen molar-refractivity contribution in [2.45, 2.75) is 32.7 Å². The highest BCUT2D eigenvalue weighted by atomic mass is 32.1. The van der Waals surface area contributed by atoms with Crippen molar-refractivity contribution in [3.8, 4) is 0 Å². The van der Waals surface area contributed by atoms with Crippen LogP contribution in [0.3, 0.4) is 0 Å². The lowest BCUT2D eigenvalue weighted by molar-refractivity contribution is -0.135. The Morgan fingerprint density at radius 3 is 2.92 bits per heavy atom. The molecule has 130 valence electrons. The van der Waals surface area contributed by atoms with Crippen molar-refractivity contribution in [1.29, 1.82) is 0 Å². The van der Waals surface area contributed by atoms with Gasteiger partial charge in [-0.05, 0) is 13.3 Å². The smallest absolute Gasteiger partial charge is 0.275 e. The van der Waals surface area contributed by atoms with Gasteiger partial charge in [0.25, 0.3) is 5.56 Å². The van der Waals surface area contributed by atoms with Gasteiger partial charge in [0.05, 0.1) is 13.2 Å². The molecule has 0 radical (unpaired) electrons. The van der Waals surface area contributed by atoms with Gasteiger partial charge >= 0.3 is 0 Å². The molecule has 9 heteroatoms. The molecule has 24 heavy (non-hydrogen) atoms. The van der Waals surface area contributed by atoms with Crippen molar-refractivity contribution in [1.82, 2.24) is 19.5 Å². The lowest BCUT2D eigenvalue weighted by atomic mass is 10.2. The molecule has 2 aromatic rings. The van der Waals surface area contributed by atoms with Crippen LogP contribution in [0.1, 0.15) is 26.0 Å². The zero-order valence-electron chi connectivity index (χ0n) is 13.8. The maximum absolute atomic E-state index is 12.4. The van der Waals surface area contributed by atoms with Gasteiger partial charge in [-0.25, -0.2) is 4.98 Å². The second-order valence-corrected chi connectivity index (χ2v) is 6.70. The van der Waals surface area contributed by atoms with E-state index in [1.807, 2.05) is 6.92 Å². The number of aryl methyl sites for hydroxylation is 1. The first-order valence-electron chi connectivity index (χ1n) is 8.11. The summed E-state index contributed by atoms with van der Waals surface area (Å²) in [7, 11) is 0. The molecule has 3 heterocycles. The third kappa shape index (κ3) is 3.57. The molecule has 1 fully saturated rings. The van der Waals surface area contributed by atoms with E-state index in [4.69, 9.17) is 4.74 Å². The zero-order valence-corrected chi connectivity index (χ0v) is 14.6. The number of hydrogen-bond donors (Lipinski definition) is 1. The van der Waals surface area contributed by atoms with E-state index < -0.39 is 6.04 Å². The lowest BCUT2D eigenvalue weighted by Crippen LogP contribution is -2.47. The van der Waals surface area contributed by atoms with Crippen LogP contribution in [0.2, 0.25) is 0 Å². The van der Waals surface area contributed by atoms with Gasteiger partial charge in [0, 0.05) is 24.8 Å². The van der Waals surface area contributed by atoms with E-state index in [1.54, 1.807) is 11.8 Å². The van der Waals surface area contributed by atoms with Gasteiger partial charge in [0.1, 0.15) is 6.04 Å². The lowest BCUT2D eigenvalue weighted by Gasteiger charge is -2.29. The number of morpholine rings is 1. The van der Waals surface area contributed by atoms with Crippen LogP contribution in [0.15, 0.2) is 10.9 Å². The molecule has 8 nitrogen and oxygen atoms in total. The Morgan fingerprint density at radius 2 is 2.21 bits per heavy atom. The highest BCUT2D eigenvalue weighted by molar-refractivity contribution is 7.20. The first-order chi connectivity index (χ1) is 11.6. The SMILES string of the molecule is CCCc1cc(=O)n2nc(NC(C)C(=O)N3CCOCC3)sc2n1. The minimum absolute atomic E-state index is 0.00420. The number of fused-ring (bicyclic) bond motifs is 1. The maximum atomic E-state index is 12.4. The summed E-state index contributed by atoms with van der Waals surface area (Å²) < 4.78 is 6.54. The van der Waals surface area contributed by atoms with Crippen LogP contribution in [0, 0.1) is 0 Å². The molecule has 0 aliphatic carbocycles. The summed E-state index contributed by atoms with van der Waals surface area (Å²) in [5.41, 5.74) is 0.579. The molecule has 0 saturated carbocycles. The van der Waals surface area contributed by atoms with E-state index in [-0.39, 0.29) is 11.5 Å². The normalized spacial score (nSPS) is 16.3. The average molecular weight is 351 g/mol. The van der Waals surface area contributed by atoms with E-state index in [9.17, 15) is 9.59 Å². The highest BCUT2D eigenvalue weighted by Gasteiger charge is 2.23. The molecule has 1 amide bonds. The monoisotopic (exact) mass is 351 g/mol. The fraction of sp³-hybridized carbons (Fsp3) is 0.600. The number of aromatic nitrogens is 3. The minimum atomic E-state index is -0.422. The molecule has 1 aliphatic heterocycles. The molecule has 1 N–H and O–H groups in total. The molecule has 2 aromatic heterocycles. The van der Waals surface area contributed by atoms with Crippen LogP contribution in [0.5, 0.6) is 0 Å². The standard InChI is InChI=1S/C15H21N5O3S/c1-3-4-11-9-12(21)20-15(17-11)24-14(18-20)16-10(2)13(22)19-5-7-23-8-6-19/h9-10H,3-8H2,1-2H3,(H,16,18). The molecular weight excluding hydrogens is 330 g/mol. The number of ether oxygens (including phenoxy) is 1. The number of amides is 1. The van der Waals surface area contributed by atoms with E-state index in [1.165, 1.54) is 21.9 Å². The van der Waals surface area contributed by atoms with Crippen LogP contribution in [-0.2, 0) is 16.0 Å². The molecular formula is C15H21N5O3S. The first-order valence-corrected chi connectivity index (χ1v) is 8.93. The van der Waals surface area contributed by atoms with Gasteiger partial charge in [-0.3, -0.25) is 9.59 Å². The summed E-state index contributed by atoms with van der Waals surface area (Å²) in [6.07, 6.45) is 1.69. The molecule has 1 aliphatic rings. The molecule has 3 rings (SSSR count). The third-order valence-corrected chi connectivity index (χ3v) is 4.68. The summed E-state index contributed by atoms with van der Waals surface area (Å²) in [5, 5.41) is 7.83. The van der Waals surface area contributed by atoms with Crippen molar-refractivity contribution in [3.63, 3.8) is 0 Å². The third-order valence-electron chi connectivity index (χ3n) is 3.84. The summed E-state index contributed by atoms with van der Waals surface area (Å²) in [5.74, 6) is 0.00420. The summed E-state index contributed by atoms with van der Waals surface area (Å²) in [4.78, 5) is 31.3. The summed E-state index contributed by atoms with van der Waals surface area (Å²) in [6.45, 7) is 6.18. The van der Waals surface area contributed by atoms with Gasteiger partial charge in [-0.2, -0.15) is 4.52 Å². The van der Waals surface area contributed by atoms with Crippen molar-refractivity contribution in [3.05, 3.63) is 22.1 Å².